The van der Waals surface area contributed by atoms with Crippen LogP contribution in [-0.4, -0.2) is 58.7 Å². The van der Waals surface area contributed by atoms with E-state index in [0.29, 0.717) is 11.3 Å². The number of sulfonamides is 1. The number of nitrogens with zero attached hydrogens (tertiary/aromatic N) is 2. The number of halogens is 1. The minimum absolute atomic E-state index is 0.0260. The first kappa shape index (κ1) is 23.9. The fourth-order valence-corrected chi connectivity index (χ4v) is 5.02. The number of rotatable bonds is 8. The molecule has 31 heavy (non-hydrogen) atoms. The van der Waals surface area contributed by atoms with Crippen LogP contribution in [0.1, 0.15) is 11.1 Å². The number of benzene rings is 2. The van der Waals surface area contributed by atoms with Crippen LogP contribution in [0.25, 0.3) is 0 Å². The summed E-state index contributed by atoms with van der Waals surface area (Å²) in [5, 5.41) is 13.2. The van der Waals surface area contributed by atoms with Crippen LogP contribution in [0.4, 0.5) is 5.69 Å². The summed E-state index contributed by atoms with van der Waals surface area (Å²) >= 11 is 3.43. The first-order chi connectivity index (χ1) is 14.5. The Morgan fingerprint density at radius 1 is 1.42 bits per heavy atom. The summed E-state index contributed by atoms with van der Waals surface area (Å²) in [6, 6.07) is 9.97. The molecule has 3 N–H and O–H groups in total. The molecule has 2 atom stereocenters. The highest BCUT2D eigenvalue weighted by Gasteiger charge is 2.32. The molecule has 0 saturated carbocycles. The zero-order chi connectivity index (χ0) is 22.8. The molecule has 2 unspecified atom stereocenters. The Bertz CT molecular complexity index is 1080. The van der Waals surface area contributed by atoms with Crippen molar-refractivity contribution in [2.24, 2.45) is 0 Å². The minimum Gasteiger partial charge on any atom is -0.755 e. The second-order valence-corrected chi connectivity index (χ2v) is 9.76. The van der Waals surface area contributed by atoms with Crippen LogP contribution in [0, 0.1) is 6.92 Å². The van der Waals surface area contributed by atoms with Gasteiger partial charge in [0.2, 0.25) is 0 Å². The Morgan fingerprint density at radius 2 is 2.16 bits per heavy atom. The van der Waals surface area contributed by atoms with Crippen molar-refractivity contribution in [1.29, 1.82) is 0 Å². The summed E-state index contributed by atoms with van der Waals surface area (Å²) in [6.45, 7) is 2.17. The summed E-state index contributed by atoms with van der Waals surface area (Å²) < 4.78 is 54.8. The first-order valence-electron chi connectivity index (χ1n) is 9.12. The van der Waals surface area contributed by atoms with E-state index in [1.54, 1.807) is 13.1 Å². The van der Waals surface area contributed by atoms with Gasteiger partial charge in [-0.25, -0.2) is 13.4 Å². The lowest BCUT2D eigenvalue weighted by Gasteiger charge is -2.36. The van der Waals surface area contributed by atoms with Gasteiger partial charge in [0, 0.05) is 24.9 Å². The molecular formula is C18H22ClN4O6S2-. The van der Waals surface area contributed by atoms with Crippen molar-refractivity contribution in [3.8, 4) is 5.75 Å². The van der Waals surface area contributed by atoms with E-state index in [-0.39, 0.29) is 35.3 Å². The van der Waals surface area contributed by atoms with Crippen LogP contribution in [0.2, 0.25) is 5.02 Å². The third-order valence-electron chi connectivity index (χ3n) is 4.50. The Balaban J connectivity index is 1.67. The summed E-state index contributed by atoms with van der Waals surface area (Å²) in [4.78, 5) is 2.30. The normalized spacial score (nSPS) is 17.7. The SMILES string of the molecule is Cc1cccc(OCC(O)CN(C)N2Cc3cc(Cl)c(NS(=O)[O-])cc3S(=O)(=O)N2)c1. The fourth-order valence-electron chi connectivity index (χ4n) is 3.06. The average molecular weight is 490 g/mol. The number of likely N-dealkylation sites (N-methyl/N-ethyl adjacent to an activating group) is 1. The second kappa shape index (κ2) is 9.79. The Morgan fingerprint density at radius 3 is 2.84 bits per heavy atom. The maximum Gasteiger partial charge on any atom is 0.254 e. The Kier molecular flexibility index (Phi) is 7.55. The lowest BCUT2D eigenvalue weighted by molar-refractivity contribution is -0.0669. The molecule has 0 aromatic heterocycles. The lowest BCUT2D eigenvalue weighted by Crippen LogP contribution is -2.55. The van der Waals surface area contributed by atoms with Gasteiger partial charge in [0.1, 0.15) is 18.5 Å². The number of hydrogen-bond acceptors (Lipinski definition) is 8. The molecular weight excluding hydrogens is 468 g/mol. The van der Waals surface area contributed by atoms with Crippen molar-refractivity contribution in [2.45, 2.75) is 24.5 Å². The van der Waals surface area contributed by atoms with Gasteiger partial charge in [0.25, 0.3) is 10.0 Å². The number of nitrogens with one attached hydrogen (secondary N) is 2. The molecule has 13 heteroatoms. The van der Waals surface area contributed by atoms with Crippen LogP contribution < -0.4 is 14.3 Å². The monoisotopic (exact) mass is 489 g/mol. The molecule has 0 amide bonds. The molecule has 3 rings (SSSR count). The summed E-state index contributed by atoms with van der Waals surface area (Å²) in [7, 11) is -2.37. The minimum atomic E-state index is -3.99. The zero-order valence-electron chi connectivity index (χ0n) is 16.7. The highest BCUT2D eigenvalue weighted by atomic mass is 35.5. The molecule has 0 bridgehead atoms. The summed E-state index contributed by atoms with van der Waals surface area (Å²) in [5.41, 5.74) is 1.37. The van der Waals surface area contributed by atoms with Crippen LogP contribution >= 0.6 is 11.6 Å². The molecule has 10 nitrogen and oxygen atoms in total. The molecule has 1 aliphatic heterocycles. The van der Waals surface area contributed by atoms with Gasteiger partial charge in [0.15, 0.2) is 0 Å². The molecule has 0 radical (unpaired) electrons. The molecule has 1 aliphatic rings. The molecule has 2 aromatic rings. The van der Waals surface area contributed by atoms with E-state index < -0.39 is 27.4 Å². The van der Waals surface area contributed by atoms with Crippen molar-refractivity contribution >= 4 is 38.6 Å². The van der Waals surface area contributed by atoms with Gasteiger partial charge in [-0.3, -0.25) is 4.21 Å². The van der Waals surface area contributed by atoms with E-state index in [9.17, 15) is 22.3 Å². The second-order valence-electron chi connectivity index (χ2n) is 7.05. The van der Waals surface area contributed by atoms with E-state index in [1.165, 1.54) is 16.2 Å². The molecule has 2 aromatic carbocycles. The zero-order valence-corrected chi connectivity index (χ0v) is 19.1. The van der Waals surface area contributed by atoms with Crippen molar-refractivity contribution in [3.63, 3.8) is 0 Å². The molecule has 0 spiro atoms. The van der Waals surface area contributed by atoms with E-state index in [1.807, 2.05) is 25.1 Å². The standard InChI is InChI=1S/C18H23ClN4O6S2/c1-12-4-3-5-15(6-12)29-11-14(24)10-22(2)23-9-13-7-16(19)17(20-30(25)26)8-18(13)31(27,28)21-23/h3-8,14,20-21,24H,9-11H2,1-2H3,(H,25,26)/p-1. The number of aliphatic hydroxyl groups excluding tert-OH is 1. The Hall–Kier alpha value is -1.77. The number of fused-ring (bicyclic) bond motifs is 1. The lowest BCUT2D eigenvalue weighted by atomic mass is 10.2. The summed E-state index contributed by atoms with van der Waals surface area (Å²) in [5.74, 6) is 0.632. The van der Waals surface area contributed by atoms with E-state index in [0.717, 1.165) is 11.6 Å². The number of hydrogen-bond donors (Lipinski definition) is 3. The predicted molar refractivity (Wildman–Crippen MR) is 115 cm³/mol. The smallest absolute Gasteiger partial charge is 0.254 e. The predicted octanol–water partition coefficient (Wildman–Crippen LogP) is 1.15. The molecule has 0 aliphatic carbocycles. The van der Waals surface area contributed by atoms with Crippen LogP contribution in [0.3, 0.4) is 0 Å². The molecule has 170 valence electrons. The van der Waals surface area contributed by atoms with E-state index in [4.69, 9.17) is 16.3 Å². The largest absolute Gasteiger partial charge is 0.755 e. The van der Waals surface area contributed by atoms with Crippen LogP contribution in [0.5, 0.6) is 5.75 Å². The van der Waals surface area contributed by atoms with Crippen LogP contribution in [-0.2, 0) is 27.8 Å². The molecule has 0 saturated heterocycles. The fraction of sp³-hybridized carbons (Fsp3) is 0.333. The maximum atomic E-state index is 12.7. The molecule has 1 heterocycles. The number of hydrazine groups is 2. The quantitative estimate of drug-likeness (QED) is 0.470. The van der Waals surface area contributed by atoms with Crippen molar-refractivity contribution in [2.75, 3.05) is 24.9 Å². The van der Waals surface area contributed by atoms with E-state index in [2.05, 4.69) is 9.55 Å². The Labute approximate surface area is 188 Å². The van der Waals surface area contributed by atoms with Crippen molar-refractivity contribution < 1.29 is 27.0 Å². The van der Waals surface area contributed by atoms with Gasteiger partial charge < -0.3 is 19.1 Å². The third-order valence-corrected chi connectivity index (χ3v) is 6.61. The van der Waals surface area contributed by atoms with Crippen LogP contribution in [0.15, 0.2) is 41.3 Å². The van der Waals surface area contributed by atoms with Gasteiger partial charge in [-0.2, -0.15) is 5.12 Å². The highest BCUT2D eigenvalue weighted by Crippen LogP contribution is 2.32. The summed E-state index contributed by atoms with van der Waals surface area (Å²) in [6.07, 6.45) is -0.890. The van der Waals surface area contributed by atoms with Gasteiger partial charge in [-0.15, -0.1) is 4.83 Å². The topological polar surface area (TPSA) is 134 Å². The maximum absolute atomic E-state index is 12.7. The van der Waals surface area contributed by atoms with Crippen molar-refractivity contribution in [3.05, 3.63) is 52.5 Å². The highest BCUT2D eigenvalue weighted by molar-refractivity contribution is 7.89. The average Bonchev–Trinajstić information content (AvgIpc) is 2.66. The van der Waals surface area contributed by atoms with Gasteiger partial charge in [-0.05, 0) is 42.3 Å². The number of anilines is 1. The van der Waals surface area contributed by atoms with E-state index >= 15 is 0 Å². The van der Waals surface area contributed by atoms with Gasteiger partial charge >= 0.3 is 0 Å². The van der Waals surface area contributed by atoms with Gasteiger partial charge in [-0.1, -0.05) is 23.7 Å². The third kappa shape index (κ3) is 6.14. The van der Waals surface area contributed by atoms with Gasteiger partial charge in [0.05, 0.1) is 22.2 Å². The molecule has 0 fully saturated rings. The number of ether oxygens (including phenoxy) is 1. The number of aliphatic hydroxyl groups is 1. The van der Waals surface area contributed by atoms with Crippen molar-refractivity contribution in [1.82, 2.24) is 15.0 Å². The first-order valence-corrected chi connectivity index (χ1v) is 12.1. The number of aryl methyl sites for hydroxylation is 1.